The van der Waals surface area contributed by atoms with Gasteiger partial charge in [0, 0.05) is 5.56 Å². The van der Waals surface area contributed by atoms with E-state index in [1.165, 1.54) is 12.1 Å². The molecule has 0 amide bonds. The summed E-state index contributed by atoms with van der Waals surface area (Å²) in [5, 5.41) is 9.35. The topological polar surface area (TPSA) is 46.2 Å². The average molecular weight is 283 g/mol. The molecule has 14 heavy (non-hydrogen) atoms. The second-order valence-electron chi connectivity index (χ2n) is 2.56. The van der Waals surface area contributed by atoms with Crippen molar-refractivity contribution >= 4 is 28.3 Å². The van der Waals surface area contributed by atoms with Crippen molar-refractivity contribution in [3.05, 3.63) is 40.6 Å². The minimum atomic E-state index is -0.699. The van der Waals surface area contributed by atoms with Gasteiger partial charge in [-0.3, -0.25) is 0 Å². The van der Waals surface area contributed by atoms with E-state index in [1.807, 2.05) is 0 Å². The average Bonchev–Trinajstić information content (AvgIpc) is 2.13. The smallest absolute Gasteiger partial charge is 0.179 e. The van der Waals surface area contributed by atoms with Gasteiger partial charge in [-0.05, 0) is 22.0 Å². The molecule has 0 unspecified atom stereocenters. The Morgan fingerprint density at radius 1 is 1.57 bits per heavy atom. The molecule has 78 valence electrons. The van der Waals surface area contributed by atoms with Crippen molar-refractivity contribution in [3.8, 4) is 5.75 Å². The molecule has 0 saturated carbocycles. The van der Waals surface area contributed by atoms with Crippen LogP contribution < -0.4 is 5.73 Å². The van der Waals surface area contributed by atoms with Gasteiger partial charge in [0.15, 0.2) is 11.6 Å². The number of benzene rings is 1. The second-order valence-corrected chi connectivity index (χ2v) is 3.42. The number of hydrogen-bond acceptors (Lipinski definition) is 2. The molecule has 0 aliphatic carbocycles. The number of nitrogens with two attached hydrogens (primary N) is 1. The van der Waals surface area contributed by atoms with Gasteiger partial charge in [0.2, 0.25) is 0 Å². The van der Waals surface area contributed by atoms with Gasteiger partial charge in [-0.25, -0.2) is 4.39 Å². The van der Waals surface area contributed by atoms with Crippen LogP contribution in [0.15, 0.2) is 29.3 Å². The second kappa shape index (κ2) is 5.34. The highest BCUT2D eigenvalue weighted by Crippen LogP contribution is 2.31. The monoisotopic (exact) mass is 281 g/mol. The fourth-order valence-electron chi connectivity index (χ4n) is 0.951. The summed E-state index contributed by atoms with van der Waals surface area (Å²) in [6.45, 7) is 3.46. The Balaban J connectivity index is 0.00000169. The van der Waals surface area contributed by atoms with Crippen LogP contribution in [-0.4, -0.2) is 5.11 Å². The zero-order chi connectivity index (χ0) is 10.0. The highest BCUT2D eigenvalue weighted by Gasteiger charge is 2.13. The van der Waals surface area contributed by atoms with Crippen molar-refractivity contribution < 1.29 is 9.50 Å². The van der Waals surface area contributed by atoms with E-state index in [2.05, 4.69) is 22.5 Å². The normalized spacial score (nSPS) is 11.6. The summed E-state index contributed by atoms with van der Waals surface area (Å²) < 4.78 is 13.3. The molecular weight excluding hydrogens is 272 g/mol. The van der Waals surface area contributed by atoms with E-state index < -0.39 is 17.6 Å². The Kier molecular flexibility index (Phi) is 5.12. The number of halogens is 3. The van der Waals surface area contributed by atoms with E-state index in [4.69, 9.17) is 5.73 Å². The van der Waals surface area contributed by atoms with Crippen LogP contribution in [0.1, 0.15) is 11.6 Å². The molecule has 0 saturated heterocycles. The van der Waals surface area contributed by atoms with E-state index in [9.17, 15) is 9.50 Å². The van der Waals surface area contributed by atoms with Crippen LogP contribution in [0.2, 0.25) is 0 Å². The third kappa shape index (κ3) is 2.47. The first-order chi connectivity index (χ1) is 6.07. The molecule has 0 spiro atoms. The molecule has 0 aromatic heterocycles. The fourth-order valence-corrected chi connectivity index (χ4v) is 1.27. The largest absolute Gasteiger partial charge is 0.505 e. The summed E-state index contributed by atoms with van der Waals surface area (Å²) >= 11 is 2.95. The zero-order valence-corrected chi connectivity index (χ0v) is 9.61. The molecule has 5 heteroatoms. The maximum absolute atomic E-state index is 13.1. The third-order valence-corrected chi connectivity index (χ3v) is 2.33. The van der Waals surface area contributed by atoms with E-state index >= 15 is 0 Å². The van der Waals surface area contributed by atoms with E-state index in [0.717, 1.165) is 0 Å². The number of rotatable bonds is 2. The maximum Gasteiger partial charge on any atom is 0.179 e. The fraction of sp³-hybridized carbons (Fsp3) is 0.111. The Labute approximate surface area is 96.2 Å². The first-order valence-corrected chi connectivity index (χ1v) is 4.42. The van der Waals surface area contributed by atoms with Gasteiger partial charge >= 0.3 is 0 Å². The summed E-state index contributed by atoms with van der Waals surface area (Å²) in [7, 11) is 0. The van der Waals surface area contributed by atoms with Crippen molar-refractivity contribution in [2.45, 2.75) is 6.04 Å². The molecule has 1 atom stereocenters. The van der Waals surface area contributed by atoms with Gasteiger partial charge in [0.25, 0.3) is 0 Å². The molecule has 1 aromatic carbocycles. The maximum atomic E-state index is 13.1. The first kappa shape index (κ1) is 13.4. The summed E-state index contributed by atoms with van der Waals surface area (Å²) in [6.07, 6.45) is 1.43. The lowest BCUT2D eigenvalue weighted by Crippen LogP contribution is -2.07. The zero-order valence-electron chi connectivity index (χ0n) is 7.21. The lowest BCUT2D eigenvalue weighted by Gasteiger charge is -2.09. The predicted octanol–water partition coefficient (Wildman–Crippen LogP) is 2.90. The quantitative estimate of drug-likeness (QED) is 0.819. The van der Waals surface area contributed by atoms with E-state index in [1.54, 1.807) is 6.07 Å². The van der Waals surface area contributed by atoms with E-state index in [-0.39, 0.29) is 16.9 Å². The molecule has 1 rings (SSSR count). The van der Waals surface area contributed by atoms with Gasteiger partial charge < -0.3 is 10.8 Å². The van der Waals surface area contributed by atoms with Crippen LogP contribution in [0.5, 0.6) is 5.75 Å². The van der Waals surface area contributed by atoms with Crippen molar-refractivity contribution in [1.29, 1.82) is 0 Å². The van der Waals surface area contributed by atoms with Crippen LogP contribution in [0.25, 0.3) is 0 Å². The van der Waals surface area contributed by atoms with Crippen LogP contribution in [0.4, 0.5) is 4.39 Å². The molecule has 0 bridgehead atoms. The highest BCUT2D eigenvalue weighted by atomic mass is 79.9. The third-order valence-electron chi connectivity index (χ3n) is 1.71. The number of hydrogen-bond donors (Lipinski definition) is 2. The minimum absolute atomic E-state index is 0. The number of phenols is 1. The Morgan fingerprint density at radius 2 is 2.14 bits per heavy atom. The summed E-state index contributed by atoms with van der Waals surface area (Å²) in [6, 6.07) is 2.49. The van der Waals surface area contributed by atoms with Crippen molar-refractivity contribution in [2.75, 3.05) is 0 Å². The van der Waals surface area contributed by atoms with Crippen molar-refractivity contribution in [2.24, 2.45) is 5.73 Å². The summed E-state index contributed by atoms with van der Waals surface area (Å²) in [5.41, 5.74) is 5.88. The number of phenolic OH excluding ortho intramolecular Hbond substituents is 1. The van der Waals surface area contributed by atoms with Gasteiger partial charge in [-0.15, -0.1) is 19.0 Å². The van der Waals surface area contributed by atoms with Crippen LogP contribution in [-0.2, 0) is 0 Å². The SMILES string of the molecule is C=C[C@@H](N)c1ccc(Br)c(F)c1O.Cl. The number of aromatic hydroxyl groups is 1. The van der Waals surface area contributed by atoms with Crippen molar-refractivity contribution in [3.63, 3.8) is 0 Å². The molecule has 3 N–H and O–H groups in total. The molecular formula is C9H10BrClFNO. The first-order valence-electron chi connectivity index (χ1n) is 3.63. The van der Waals surface area contributed by atoms with E-state index in [0.29, 0.717) is 5.56 Å². The van der Waals surface area contributed by atoms with Crippen LogP contribution >= 0.6 is 28.3 Å². The molecule has 0 radical (unpaired) electrons. The molecule has 0 aliphatic rings. The predicted molar refractivity (Wildman–Crippen MR) is 60.1 cm³/mol. The standard InChI is InChI=1S/C9H9BrFNO.ClH/c1-2-7(12)5-3-4-6(10)8(11)9(5)13;/h2-4,7,13H,1,12H2;1H/t7-;/m1./s1. The van der Waals surface area contributed by atoms with Gasteiger partial charge in [-0.1, -0.05) is 12.1 Å². The molecule has 0 heterocycles. The Morgan fingerprint density at radius 3 is 2.64 bits per heavy atom. The van der Waals surface area contributed by atoms with Gasteiger partial charge in [0.1, 0.15) is 0 Å². The van der Waals surface area contributed by atoms with Gasteiger partial charge in [-0.2, -0.15) is 0 Å². The highest BCUT2D eigenvalue weighted by molar-refractivity contribution is 9.10. The Hall–Kier alpha value is -0.580. The van der Waals surface area contributed by atoms with Gasteiger partial charge in [0.05, 0.1) is 10.5 Å². The van der Waals surface area contributed by atoms with Crippen LogP contribution in [0.3, 0.4) is 0 Å². The lowest BCUT2D eigenvalue weighted by molar-refractivity contribution is 0.422. The Bertz CT molecular complexity index is 346. The lowest BCUT2D eigenvalue weighted by atomic mass is 10.1. The molecule has 1 aromatic rings. The molecule has 0 fully saturated rings. The summed E-state index contributed by atoms with van der Waals surface area (Å²) in [4.78, 5) is 0. The summed E-state index contributed by atoms with van der Waals surface area (Å²) in [5.74, 6) is -1.13. The van der Waals surface area contributed by atoms with Crippen molar-refractivity contribution in [1.82, 2.24) is 0 Å². The minimum Gasteiger partial charge on any atom is -0.505 e. The molecule has 0 aliphatic heterocycles. The van der Waals surface area contributed by atoms with Crippen LogP contribution in [0, 0.1) is 5.82 Å². The molecule has 2 nitrogen and oxygen atoms in total.